The highest BCUT2D eigenvalue weighted by molar-refractivity contribution is 6.22. The molecule has 5 nitrogen and oxygen atoms in total. The SMILES string of the molecule is CC(=O)c1ccc2c(c1)C(=O)N(C(C)C=O)C2=O. The van der Waals surface area contributed by atoms with Crippen molar-refractivity contribution < 1.29 is 19.2 Å². The number of carbonyl (C=O) groups excluding carboxylic acids is 4. The van der Waals surface area contributed by atoms with E-state index in [0.717, 1.165) is 4.90 Å². The molecule has 18 heavy (non-hydrogen) atoms. The van der Waals surface area contributed by atoms with Gasteiger partial charge in [0.2, 0.25) is 0 Å². The number of benzene rings is 1. The predicted octanol–water partition coefficient (Wildman–Crippen LogP) is 1.07. The summed E-state index contributed by atoms with van der Waals surface area (Å²) in [5.74, 6) is -1.21. The topological polar surface area (TPSA) is 71.5 Å². The third kappa shape index (κ3) is 1.64. The fraction of sp³-hybridized carbons (Fsp3) is 0.231. The summed E-state index contributed by atoms with van der Waals surface area (Å²) in [6, 6.07) is 3.54. The van der Waals surface area contributed by atoms with Gasteiger partial charge in [-0.25, -0.2) is 0 Å². The largest absolute Gasteiger partial charge is 0.301 e. The summed E-state index contributed by atoms with van der Waals surface area (Å²) in [6.45, 7) is 2.86. The minimum atomic E-state index is -0.807. The summed E-state index contributed by atoms with van der Waals surface area (Å²) < 4.78 is 0. The maximum Gasteiger partial charge on any atom is 0.262 e. The molecule has 1 aliphatic heterocycles. The third-order valence-electron chi connectivity index (χ3n) is 2.93. The molecular formula is C13H11NO4. The molecule has 1 aromatic rings. The quantitative estimate of drug-likeness (QED) is 0.453. The lowest BCUT2D eigenvalue weighted by molar-refractivity contribution is -0.110. The molecule has 0 fully saturated rings. The molecule has 1 aliphatic rings. The second kappa shape index (κ2) is 4.18. The van der Waals surface area contributed by atoms with Crippen molar-refractivity contribution >= 4 is 23.9 Å². The number of hydrogen-bond acceptors (Lipinski definition) is 4. The van der Waals surface area contributed by atoms with Gasteiger partial charge in [0, 0.05) is 5.56 Å². The second-order valence-corrected chi connectivity index (χ2v) is 4.17. The Hall–Kier alpha value is -2.30. The highest BCUT2D eigenvalue weighted by Crippen LogP contribution is 2.25. The van der Waals surface area contributed by atoms with Gasteiger partial charge in [0.1, 0.15) is 6.29 Å². The van der Waals surface area contributed by atoms with Crippen LogP contribution in [0.15, 0.2) is 18.2 Å². The molecule has 0 saturated heterocycles. The van der Waals surface area contributed by atoms with Crippen molar-refractivity contribution in [3.05, 3.63) is 34.9 Å². The fourth-order valence-electron chi connectivity index (χ4n) is 1.91. The van der Waals surface area contributed by atoms with E-state index in [0.29, 0.717) is 11.8 Å². The number of nitrogens with zero attached hydrogens (tertiary/aromatic N) is 1. The standard InChI is InChI=1S/C13H11NO4/c1-7(6-15)14-12(17)10-4-3-9(8(2)16)5-11(10)13(14)18/h3-7H,1-2H3. The number of fused-ring (bicyclic) bond motifs is 1. The van der Waals surface area contributed by atoms with Gasteiger partial charge in [-0.2, -0.15) is 0 Å². The molecule has 0 aliphatic carbocycles. The zero-order valence-corrected chi connectivity index (χ0v) is 9.97. The first-order valence-electron chi connectivity index (χ1n) is 5.45. The average Bonchev–Trinajstić information content (AvgIpc) is 2.61. The molecule has 0 bridgehead atoms. The third-order valence-corrected chi connectivity index (χ3v) is 2.93. The molecule has 1 heterocycles. The summed E-state index contributed by atoms with van der Waals surface area (Å²) in [5.41, 5.74) is 0.788. The van der Waals surface area contributed by atoms with Crippen molar-refractivity contribution in [2.75, 3.05) is 0 Å². The van der Waals surface area contributed by atoms with E-state index in [1.54, 1.807) is 0 Å². The summed E-state index contributed by atoms with van der Waals surface area (Å²) in [4.78, 5) is 46.8. The van der Waals surface area contributed by atoms with Gasteiger partial charge >= 0.3 is 0 Å². The average molecular weight is 245 g/mol. The van der Waals surface area contributed by atoms with E-state index < -0.39 is 17.9 Å². The van der Waals surface area contributed by atoms with Gasteiger partial charge in [-0.3, -0.25) is 19.3 Å². The molecule has 1 unspecified atom stereocenters. The number of rotatable bonds is 3. The highest BCUT2D eigenvalue weighted by atomic mass is 16.2. The van der Waals surface area contributed by atoms with Crippen LogP contribution in [-0.4, -0.2) is 34.8 Å². The Morgan fingerprint density at radius 2 is 1.83 bits per heavy atom. The summed E-state index contributed by atoms with van der Waals surface area (Å²) >= 11 is 0. The fourth-order valence-corrected chi connectivity index (χ4v) is 1.91. The molecular weight excluding hydrogens is 234 g/mol. The number of imide groups is 1. The molecule has 1 atom stereocenters. The molecule has 5 heteroatoms. The molecule has 1 aromatic carbocycles. The van der Waals surface area contributed by atoms with E-state index in [1.165, 1.54) is 32.0 Å². The number of hydrogen-bond donors (Lipinski definition) is 0. The summed E-state index contributed by atoms with van der Waals surface area (Å²) in [6.07, 6.45) is 0.535. The lowest BCUT2D eigenvalue weighted by atomic mass is 10.0. The number of carbonyl (C=O) groups is 4. The van der Waals surface area contributed by atoms with Crippen LogP contribution in [0.1, 0.15) is 44.9 Å². The maximum absolute atomic E-state index is 12.0. The smallest absolute Gasteiger partial charge is 0.262 e. The van der Waals surface area contributed by atoms with E-state index in [1.807, 2.05) is 0 Å². The van der Waals surface area contributed by atoms with Crippen LogP contribution in [0.4, 0.5) is 0 Å². The minimum Gasteiger partial charge on any atom is -0.301 e. The van der Waals surface area contributed by atoms with Crippen molar-refractivity contribution in [2.45, 2.75) is 19.9 Å². The molecule has 2 amide bonds. The van der Waals surface area contributed by atoms with Gasteiger partial charge in [-0.05, 0) is 26.0 Å². The Labute approximate surface area is 103 Å². The van der Waals surface area contributed by atoms with Gasteiger partial charge in [0.05, 0.1) is 17.2 Å². The van der Waals surface area contributed by atoms with Crippen molar-refractivity contribution in [1.29, 1.82) is 0 Å². The van der Waals surface area contributed by atoms with Crippen LogP contribution in [0.2, 0.25) is 0 Å². The number of Topliss-reactive ketones (excluding diaryl/α,β-unsaturated/α-hetero) is 1. The maximum atomic E-state index is 12.0. The Balaban J connectivity index is 2.52. The van der Waals surface area contributed by atoms with Crippen molar-refractivity contribution in [3.8, 4) is 0 Å². The number of aldehydes is 1. The number of ketones is 1. The van der Waals surface area contributed by atoms with Crippen LogP contribution in [0.5, 0.6) is 0 Å². The first-order valence-corrected chi connectivity index (χ1v) is 5.45. The molecule has 92 valence electrons. The zero-order valence-electron chi connectivity index (χ0n) is 9.97. The van der Waals surface area contributed by atoms with E-state index in [9.17, 15) is 19.2 Å². The van der Waals surface area contributed by atoms with E-state index in [4.69, 9.17) is 0 Å². The van der Waals surface area contributed by atoms with Crippen LogP contribution >= 0.6 is 0 Å². The molecule has 0 saturated carbocycles. The monoisotopic (exact) mass is 245 g/mol. The Kier molecular flexibility index (Phi) is 2.82. The molecule has 0 spiro atoms. The Morgan fingerprint density at radius 1 is 1.22 bits per heavy atom. The lowest BCUT2D eigenvalue weighted by Crippen LogP contribution is -2.38. The highest BCUT2D eigenvalue weighted by Gasteiger charge is 2.38. The minimum absolute atomic E-state index is 0.181. The van der Waals surface area contributed by atoms with Crippen molar-refractivity contribution in [1.82, 2.24) is 4.90 Å². The lowest BCUT2D eigenvalue weighted by Gasteiger charge is -2.16. The van der Waals surface area contributed by atoms with Crippen LogP contribution in [0, 0.1) is 0 Å². The zero-order chi connectivity index (χ0) is 13.4. The molecule has 0 radical (unpaired) electrons. The van der Waals surface area contributed by atoms with Gasteiger partial charge in [0.25, 0.3) is 11.8 Å². The Morgan fingerprint density at radius 3 is 2.39 bits per heavy atom. The van der Waals surface area contributed by atoms with Crippen LogP contribution in [-0.2, 0) is 4.79 Å². The number of amides is 2. The van der Waals surface area contributed by atoms with Crippen LogP contribution in [0.3, 0.4) is 0 Å². The summed E-state index contributed by atoms with van der Waals surface area (Å²) in [5, 5.41) is 0. The van der Waals surface area contributed by atoms with E-state index >= 15 is 0 Å². The molecule has 2 rings (SSSR count). The first-order chi connectivity index (χ1) is 8.47. The Bertz CT molecular complexity index is 576. The summed E-state index contributed by atoms with van der Waals surface area (Å²) in [7, 11) is 0. The van der Waals surface area contributed by atoms with Crippen LogP contribution < -0.4 is 0 Å². The van der Waals surface area contributed by atoms with Crippen molar-refractivity contribution in [3.63, 3.8) is 0 Å². The second-order valence-electron chi connectivity index (χ2n) is 4.17. The van der Waals surface area contributed by atoms with Gasteiger partial charge in [-0.1, -0.05) is 6.07 Å². The van der Waals surface area contributed by atoms with Gasteiger partial charge in [0.15, 0.2) is 5.78 Å². The normalized spacial score (nSPS) is 15.6. The van der Waals surface area contributed by atoms with Crippen LogP contribution in [0.25, 0.3) is 0 Å². The predicted molar refractivity (Wildman–Crippen MR) is 62.5 cm³/mol. The molecule has 0 aromatic heterocycles. The first kappa shape index (κ1) is 12.2. The van der Waals surface area contributed by atoms with E-state index in [2.05, 4.69) is 0 Å². The molecule has 0 N–H and O–H groups in total. The van der Waals surface area contributed by atoms with Gasteiger partial charge < -0.3 is 4.79 Å². The van der Waals surface area contributed by atoms with Gasteiger partial charge in [-0.15, -0.1) is 0 Å². The van der Waals surface area contributed by atoms with E-state index in [-0.39, 0.29) is 16.9 Å². The van der Waals surface area contributed by atoms with Crippen molar-refractivity contribution in [2.24, 2.45) is 0 Å².